The Morgan fingerprint density at radius 3 is 2.48 bits per heavy atom. The molecule has 0 atom stereocenters. The van der Waals surface area contributed by atoms with Crippen LogP contribution in [0.1, 0.15) is 41.5 Å². The highest BCUT2D eigenvalue weighted by atomic mass is 19.4. The number of ketones is 1. The molecule has 0 aliphatic rings. The number of hydrogen-bond acceptors (Lipinski definition) is 2. The van der Waals surface area contributed by atoms with E-state index in [0.717, 1.165) is 6.07 Å². The zero-order chi connectivity index (χ0) is 15.6. The van der Waals surface area contributed by atoms with Crippen LogP contribution in [0.3, 0.4) is 0 Å². The fraction of sp³-hybridized carbons (Fsp3) is 0.333. The minimum atomic E-state index is -4.54. The van der Waals surface area contributed by atoms with Crippen LogP contribution in [0.4, 0.5) is 13.2 Å². The molecule has 21 heavy (non-hydrogen) atoms. The molecule has 0 spiro atoms. The molecule has 0 bridgehead atoms. The van der Waals surface area contributed by atoms with Gasteiger partial charge in [-0.05, 0) is 26.0 Å². The number of Topliss-reactive ketones (excluding diaryl/α,β-unsaturated/α-hetero) is 1. The van der Waals surface area contributed by atoms with E-state index in [4.69, 9.17) is 0 Å². The van der Waals surface area contributed by atoms with Crippen molar-refractivity contribution in [3.05, 3.63) is 53.3 Å². The van der Waals surface area contributed by atoms with Gasteiger partial charge in [0.15, 0.2) is 5.78 Å². The molecule has 2 rings (SSSR count). The van der Waals surface area contributed by atoms with Crippen molar-refractivity contribution in [2.45, 2.75) is 32.5 Å². The summed E-state index contributed by atoms with van der Waals surface area (Å²) in [7, 11) is 0. The minimum Gasteiger partial charge on any atom is -0.294 e. The molecule has 6 heteroatoms. The average molecular weight is 296 g/mol. The molecule has 0 N–H and O–H groups in total. The van der Waals surface area contributed by atoms with Crippen LogP contribution in [-0.2, 0) is 12.6 Å². The second-order valence-electron chi connectivity index (χ2n) is 5.02. The number of carbonyl (C=O) groups excluding carboxylic acids is 1. The molecule has 0 fully saturated rings. The first-order valence-electron chi connectivity index (χ1n) is 6.52. The van der Waals surface area contributed by atoms with Crippen LogP contribution in [0, 0.1) is 0 Å². The topological polar surface area (TPSA) is 34.9 Å². The molecule has 0 saturated carbocycles. The number of rotatable bonds is 4. The van der Waals surface area contributed by atoms with Crippen molar-refractivity contribution >= 4 is 5.78 Å². The van der Waals surface area contributed by atoms with Gasteiger partial charge in [0.05, 0.1) is 17.7 Å². The van der Waals surface area contributed by atoms with E-state index in [0.29, 0.717) is 5.69 Å². The highest BCUT2D eigenvalue weighted by Gasteiger charge is 2.34. The largest absolute Gasteiger partial charge is 0.417 e. The van der Waals surface area contributed by atoms with Crippen LogP contribution in [-0.4, -0.2) is 15.6 Å². The zero-order valence-corrected chi connectivity index (χ0v) is 11.7. The third kappa shape index (κ3) is 3.51. The Labute approximate surface area is 120 Å². The molecule has 3 nitrogen and oxygen atoms in total. The SMILES string of the molecule is CC(C)n1ccc(CC(=O)c2ccccc2C(F)(F)F)n1. The summed E-state index contributed by atoms with van der Waals surface area (Å²) in [4.78, 5) is 12.1. The van der Waals surface area contributed by atoms with Gasteiger partial charge in [0.25, 0.3) is 0 Å². The van der Waals surface area contributed by atoms with Gasteiger partial charge in [0.1, 0.15) is 0 Å². The van der Waals surface area contributed by atoms with Crippen molar-refractivity contribution in [3.63, 3.8) is 0 Å². The van der Waals surface area contributed by atoms with E-state index in [1.54, 1.807) is 16.9 Å². The van der Waals surface area contributed by atoms with E-state index in [9.17, 15) is 18.0 Å². The first-order valence-corrected chi connectivity index (χ1v) is 6.52. The Kier molecular flexibility index (Phi) is 4.16. The number of nitrogens with zero attached hydrogens (tertiary/aromatic N) is 2. The number of hydrogen-bond donors (Lipinski definition) is 0. The van der Waals surface area contributed by atoms with E-state index in [-0.39, 0.29) is 18.0 Å². The van der Waals surface area contributed by atoms with Gasteiger partial charge in [0, 0.05) is 17.8 Å². The lowest BCUT2D eigenvalue weighted by atomic mass is 10.0. The highest BCUT2D eigenvalue weighted by Crippen LogP contribution is 2.32. The first-order chi connectivity index (χ1) is 9.79. The maximum Gasteiger partial charge on any atom is 0.417 e. The van der Waals surface area contributed by atoms with Gasteiger partial charge in [-0.3, -0.25) is 9.48 Å². The number of aromatic nitrogens is 2. The Hall–Kier alpha value is -2.11. The predicted octanol–water partition coefficient (Wildman–Crippen LogP) is 3.91. The van der Waals surface area contributed by atoms with Gasteiger partial charge >= 0.3 is 6.18 Å². The molecule has 0 saturated heterocycles. The first kappa shape index (κ1) is 15.3. The molecular formula is C15H15F3N2O. The molecule has 1 aromatic heterocycles. The normalized spacial score (nSPS) is 11.9. The maximum atomic E-state index is 12.9. The van der Waals surface area contributed by atoms with Crippen LogP contribution in [0.5, 0.6) is 0 Å². The summed E-state index contributed by atoms with van der Waals surface area (Å²) in [5.74, 6) is -0.586. The van der Waals surface area contributed by atoms with Crippen molar-refractivity contribution in [3.8, 4) is 0 Å². The molecule has 0 aliphatic heterocycles. The summed E-state index contributed by atoms with van der Waals surface area (Å²) in [5.41, 5.74) is -0.756. The van der Waals surface area contributed by atoms with Crippen LogP contribution in [0.25, 0.3) is 0 Å². The molecule has 1 aromatic carbocycles. The Morgan fingerprint density at radius 1 is 1.24 bits per heavy atom. The van der Waals surface area contributed by atoms with Gasteiger partial charge in [-0.25, -0.2) is 0 Å². The second kappa shape index (κ2) is 5.71. The third-order valence-electron chi connectivity index (χ3n) is 3.07. The van der Waals surface area contributed by atoms with E-state index in [2.05, 4.69) is 5.10 Å². The molecule has 0 radical (unpaired) electrons. The molecule has 0 unspecified atom stereocenters. The van der Waals surface area contributed by atoms with Crippen molar-refractivity contribution < 1.29 is 18.0 Å². The number of carbonyl (C=O) groups is 1. The molecule has 112 valence electrons. The fourth-order valence-corrected chi connectivity index (χ4v) is 1.99. The number of benzene rings is 1. The van der Waals surface area contributed by atoms with Crippen LogP contribution >= 0.6 is 0 Å². The average Bonchev–Trinajstić information content (AvgIpc) is 2.86. The van der Waals surface area contributed by atoms with Crippen molar-refractivity contribution in [1.82, 2.24) is 9.78 Å². The summed E-state index contributed by atoms with van der Waals surface area (Å²) in [6.45, 7) is 3.86. The maximum absolute atomic E-state index is 12.9. The Bertz CT molecular complexity index is 644. The molecular weight excluding hydrogens is 281 g/mol. The smallest absolute Gasteiger partial charge is 0.294 e. The minimum absolute atomic E-state index is 0.135. The molecule has 0 aliphatic carbocycles. The summed E-state index contributed by atoms with van der Waals surface area (Å²) >= 11 is 0. The Morgan fingerprint density at radius 2 is 1.90 bits per heavy atom. The molecule has 1 heterocycles. The van der Waals surface area contributed by atoms with Gasteiger partial charge in [-0.15, -0.1) is 0 Å². The third-order valence-corrected chi connectivity index (χ3v) is 3.07. The summed E-state index contributed by atoms with van der Waals surface area (Å²) in [6.07, 6.45) is -2.97. The second-order valence-corrected chi connectivity index (χ2v) is 5.02. The monoisotopic (exact) mass is 296 g/mol. The van der Waals surface area contributed by atoms with Crippen LogP contribution < -0.4 is 0 Å². The lowest BCUT2D eigenvalue weighted by Gasteiger charge is -2.11. The highest BCUT2D eigenvalue weighted by molar-refractivity contribution is 5.98. The summed E-state index contributed by atoms with van der Waals surface area (Å²) < 4.78 is 40.3. The molecule has 2 aromatic rings. The predicted molar refractivity (Wildman–Crippen MR) is 72.1 cm³/mol. The number of halogens is 3. The quantitative estimate of drug-likeness (QED) is 0.802. The Balaban J connectivity index is 2.24. The number of alkyl halides is 3. The zero-order valence-electron chi connectivity index (χ0n) is 11.7. The lowest BCUT2D eigenvalue weighted by Crippen LogP contribution is -2.14. The molecule has 0 amide bonds. The van der Waals surface area contributed by atoms with Crippen molar-refractivity contribution in [2.75, 3.05) is 0 Å². The van der Waals surface area contributed by atoms with Crippen molar-refractivity contribution in [1.29, 1.82) is 0 Å². The van der Waals surface area contributed by atoms with Gasteiger partial charge in [-0.2, -0.15) is 18.3 Å². The standard InChI is InChI=1S/C15H15F3N2O/c1-10(2)20-8-7-11(19-20)9-14(21)12-5-3-4-6-13(12)15(16,17)18/h3-8,10H,9H2,1-2H3. The fourth-order valence-electron chi connectivity index (χ4n) is 1.99. The summed E-state index contributed by atoms with van der Waals surface area (Å²) in [5, 5.41) is 4.18. The van der Waals surface area contributed by atoms with Gasteiger partial charge in [-0.1, -0.05) is 18.2 Å². The van der Waals surface area contributed by atoms with Gasteiger partial charge in [0.2, 0.25) is 0 Å². The van der Waals surface area contributed by atoms with Gasteiger partial charge < -0.3 is 0 Å². The van der Waals surface area contributed by atoms with Crippen LogP contribution in [0.2, 0.25) is 0 Å². The van der Waals surface area contributed by atoms with E-state index >= 15 is 0 Å². The van der Waals surface area contributed by atoms with E-state index in [1.165, 1.54) is 18.2 Å². The van der Waals surface area contributed by atoms with E-state index in [1.807, 2.05) is 13.8 Å². The van der Waals surface area contributed by atoms with E-state index < -0.39 is 17.5 Å². The summed E-state index contributed by atoms with van der Waals surface area (Å²) in [6, 6.07) is 6.59. The lowest BCUT2D eigenvalue weighted by molar-refractivity contribution is -0.137. The van der Waals surface area contributed by atoms with Crippen molar-refractivity contribution in [2.24, 2.45) is 0 Å². The van der Waals surface area contributed by atoms with Crippen LogP contribution in [0.15, 0.2) is 36.5 Å².